The molecule has 0 N–H and O–H groups in total. The highest BCUT2D eigenvalue weighted by atomic mass is 19.1. The summed E-state index contributed by atoms with van der Waals surface area (Å²) in [7, 11) is 5.00. The predicted molar refractivity (Wildman–Crippen MR) is 114 cm³/mol. The number of carbonyl (C=O) groups excluding carboxylic acids is 2. The molecule has 3 rings (SSSR count). The highest BCUT2D eigenvalue weighted by Crippen LogP contribution is 2.36. The van der Waals surface area contributed by atoms with E-state index in [0.29, 0.717) is 25.1 Å². The lowest BCUT2D eigenvalue weighted by Gasteiger charge is -2.43. The van der Waals surface area contributed by atoms with Gasteiger partial charge in [-0.1, -0.05) is 42.5 Å². The maximum absolute atomic E-state index is 14.1. The molecule has 1 atom stereocenters. The Morgan fingerprint density at radius 3 is 2.47 bits per heavy atom. The molecule has 0 spiro atoms. The van der Waals surface area contributed by atoms with Crippen LogP contribution in [0.5, 0.6) is 0 Å². The maximum Gasteiger partial charge on any atom is 0.248 e. The molecule has 160 valence electrons. The summed E-state index contributed by atoms with van der Waals surface area (Å²) >= 11 is 0. The van der Waals surface area contributed by atoms with Crippen LogP contribution in [0.25, 0.3) is 11.1 Å². The van der Waals surface area contributed by atoms with Gasteiger partial charge in [0, 0.05) is 39.9 Å². The summed E-state index contributed by atoms with van der Waals surface area (Å²) in [5, 5.41) is 0. The van der Waals surface area contributed by atoms with Crippen molar-refractivity contribution in [3.05, 3.63) is 59.9 Å². The van der Waals surface area contributed by atoms with Crippen molar-refractivity contribution in [2.24, 2.45) is 5.41 Å². The third kappa shape index (κ3) is 4.70. The minimum Gasteiger partial charge on any atom is -0.375 e. The van der Waals surface area contributed by atoms with Gasteiger partial charge in [-0.25, -0.2) is 4.39 Å². The number of nitrogens with zero attached hydrogens (tertiary/aromatic N) is 2. The minimum absolute atomic E-state index is 0.0174. The molecule has 0 unspecified atom stereocenters. The van der Waals surface area contributed by atoms with Crippen LogP contribution in [0.4, 0.5) is 4.39 Å². The van der Waals surface area contributed by atoms with Crippen LogP contribution >= 0.6 is 0 Å². The van der Waals surface area contributed by atoms with Gasteiger partial charge in [-0.2, -0.15) is 0 Å². The molecule has 1 aliphatic heterocycles. The first-order chi connectivity index (χ1) is 14.4. The highest BCUT2D eigenvalue weighted by Gasteiger charge is 2.44. The van der Waals surface area contributed by atoms with E-state index >= 15 is 0 Å². The van der Waals surface area contributed by atoms with Crippen LogP contribution in [0, 0.1) is 11.2 Å². The van der Waals surface area contributed by atoms with Gasteiger partial charge in [0.1, 0.15) is 12.4 Å². The zero-order valence-corrected chi connectivity index (χ0v) is 17.9. The van der Waals surface area contributed by atoms with Gasteiger partial charge >= 0.3 is 0 Å². The molecule has 0 aromatic heterocycles. The van der Waals surface area contributed by atoms with Crippen LogP contribution in [-0.2, 0) is 20.7 Å². The molecule has 0 bridgehead atoms. The van der Waals surface area contributed by atoms with Crippen LogP contribution < -0.4 is 0 Å². The van der Waals surface area contributed by atoms with Gasteiger partial charge < -0.3 is 14.5 Å². The molecule has 0 saturated carbocycles. The van der Waals surface area contributed by atoms with Crippen molar-refractivity contribution in [1.29, 1.82) is 0 Å². The fourth-order valence-electron chi connectivity index (χ4n) is 4.32. The van der Waals surface area contributed by atoms with Gasteiger partial charge in [-0.3, -0.25) is 9.59 Å². The zero-order chi connectivity index (χ0) is 21.7. The van der Waals surface area contributed by atoms with E-state index < -0.39 is 5.41 Å². The van der Waals surface area contributed by atoms with Gasteiger partial charge in [0.2, 0.25) is 11.8 Å². The lowest BCUT2D eigenvalue weighted by atomic mass is 9.73. The van der Waals surface area contributed by atoms with Crippen molar-refractivity contribution in [3.8, 4) is 11.1 Å². The van der Waals surface area contributed by atoms with Crippen molar-refractivity contribution >= 4 is 11.8 Å². The summed E-state index contributed by atoms with van der Waals surface area (Å²) < 4.78 is 19.1. The number of halogens is 1. The van der Waals surface area contributed by atoms with E-state index in [1.165, 1.54) is 13.2 Å². The van der Waals surface area contributed by atoms with E-state index in [1.54, 1.807) is 36.0 Å². The van der Waals surface area contributed by atoms with Crippen molar-refractivity contribution in [2.45, 2.75) is 19.3 Å². The SMILES string of the molecule is COCC(=O)N1CCC[C@](Cc2ccc(-c3ccccc3F)cc2)(C(=O)N(C)C)C1. The summed E-state index contributed by atoms with van der Waals surface area (Å²) in [6.45, 7) is 1.03. The monoisotopic (exact) mass is 412 g/mol. The molecule has 1 saturated heterocycles. The molecule has 0 radical (unpaired) electrons. The molecular formula is C24H29FN2O3. The number of hydrogen-bond donors (Lipinski definition) is 0. The number of rotatable bonds is 6. The number of methoxy groups -OCH3 is 1. The molecule has 2 aromatic rings. The van der Waals surface area contributed by atoms with Crippen LogP contribution in [0.2, 0.25) is 0 Å². The van der Waals surface area contributed by atoms with Crippen LogP contribution in [0.1, 0.15) is 18.4 Å². The van der Waals surface area contributed by atoms with Gasteiger partial charge in [-0.15, -0.1) is 0 Å². The molecule has 1 aliphatic rings. The minimum atomic E-state index is -0.676. The van der Waals surface area contributed by atoms with Crippen molar-refractivity contribution in [3.63, 3.8) is 0 Å². The summed E-state index contributed by atoms with van der Waals surface area (Å²) in [6.07, 6.45) is 2.01. The highest BCUT2D eigenvalue weighted by molar-refractivity contribution is 5.85. The second-order valence-corrected chi connectivity index (χ2v) is 8.19. The topological polar surface area (TPSA) is 49.9 Å². The maximum atomic E-state index is 14.1. The first kappa shape index (κ1) is 22.0. The number of ether oxygens (including phenoxy) is 1. The second-order valence-electron chi connectivity index (χ2n) is 8.19. The van der Waals surface area contributed by atoms with Crippen LogP contribution in [0.3, 0.4) is 0 Å². The smallest absolute Gasteiger partial charge is 0.248 e. The van der Waals surface area contributed by atoms with E-state index in [4.69, 9.17) is 4.74 Å². The van der Waals surface area contributed by atoms with Crippen molar-refractivity contribution in [2.75, 3.05) is 40.9 Å². The quantitative estimate of drug-likeness (QED) is 0.731. The van der Waals surface area contributed by atoms with E-state index in [9.17, 15) is 14.0 Å². The Morgan fingerprint density at radius 2 is 1.83 bits per heavy atom. The van der Waals surface area contributed by atoms with Crippen molar-refractivity contribution < 1.29 is 18.7 Å². The molecule has 1 fully saturated rings. The van der Waals surface area contributed by atoms with E-state index in [1.807, 2.05) is 30.3 Å². The molecule has 0 aliphatic carbocycles. The molecule has 6 heteroatoms. The Hall–Kier alpha value is -2.73. The molecular weight excluding hydrogens is 383 g/mol. The molecule has 1 heterocycles. The van der Waals surface area contributed by atoms with Crippen LogP contribution in [0.15, 0.2) is 48.5 Å². The zero-order valence-electron chi connectivity index (χ0n) is 17.9. The Kier molecular flexibility index (Phi) is 6.87. The summed E-state index contributed by atoms with van der Waals surface area (Å²) in [4.78, 5) is 28.9. The number of benzene rings is 2. The molecule has 5 nitrogen and oxygen atoms in total. The van der Waals surface area contributed by atoms with Gasteiger partial charge in [-0.05, 0) is 36.5 Å². The largest absolute Gasteiger partial charge is 0.375 e. The molecule has 2 aromatic carbocycles. The molecule has 2 amide bonds. The second kappa shape index (κ2) is 9.39. The Labute approximate surface area is 177 Å². The standard InChI is InChI=1S/C24H29FN2O3/c1-26(2)23(29)24(13-6-14-27(17-24)22(28)16-30-3)15-18-9-11-19(12-10-18)20-7-4-5-8-21(20)25/h4-5,7-12H,6,13-17H2,1-3H3/t24-/m1/s1. The number of likely N-dealkylation sites (tertiary alicyclic amines) is 1. The third-order valence-corrected chi connectivity index (χ3v) is 5.74. The average Bonchev–Trinajstić information content (AvgIpc) is 2.74. The first-order valence-electron chi connectivity index (χ1n) is 10.2. The third-order valence-electron chi connectivity index (χ3n) is 5.74. The van der Waals surface area contributed by atoms with Gasteiger partial charge in [0.05, 0.1) is 5.41 Å². The number of carbonyl (C=O) groups is 2. The first-order valence-corrected chi connectivity index (χ1v) is 10.2. The normalized spacial score (nSPS) is 18.9. The lowest BCUT2D eigenvalue weighted by molar-refractivity contribution is -0.148. The Bertz CT molecular complexity index is 898. The number of amides is 2. The number of hydrogen-bond acceptors (Lipinski definition) is 3. The van der Waals surface area contributed by atoms with Gasteiger partial charge in [0.15, 0.2) is 0 Å². The summed E-state index contributed by atoms with van der Waals surface area (Å²) in [6, 6.07) is 14.3. The average molecular weight is 413 g/mol. The Balaban J connectivity index is 1.86. The van der Waals surface area contributed by atoms with E-state index in [2.05, 4.69) is 0 Å². The van der Waals surface area contributed by atoms with E-state index in [0.717, 1.165) is 24.0 Å². The lowest BCUT2D eigenvalue weighted by Crippen LogP contribution is -2.54. The van der Waals surface area contributed by atoms with Crippen molar-refractivity contribution in [1.82, 2.24) is 9.80 Å². The van der Waals surface area contributed by atoms with Crippen LogP contribution in [-0.4, -0.2) is 62.5 Å². The fourth-order valence-corrected chi connectivity index (χ4v) is 4.32. The summed E-state index contributed by atoms with van der Waals surface area (Å²) in [5.74, 6) is -0.331. The predicted octanol–water partition coefficient (Wildman–Crippen LogP) is 3.38. The summed E-state index contributed by atoms with van der Waals surface area (Å²) in [5.41, 5.74) is 1.67. The number of piperidine rings is 1. The fraction of sp³-hybridized carbons (Fsp3) is 0.417. The molecule has 30 heavy (non-hydrogen) atoms. The van der Waals surface area contributed by atoms with E-state index in [-0.39, 0.29) is 24.2 Å². The Morgan fingerprint density at radius 1 is 1.13 bits per heavy atom. The van der Waals surface area contributed by atoms with Gasteiger partial charge in [0.25, 0.3) is 0 Å².